The Balaban J connectivity index is 2.24. The summed E-state index contributed by atoms with van der Waals surface area (Å²) in [5.74, 6) is -0.455. The van der Waals surface area contributed by atoms with Gasteiger partial charge in [0.15, 0.2) is 0 Å². The number of pyridine rings is 2. The van der Waals surface area contributed by atoms with Gasteiger partial charge in [0.1, 0.15) is 0 Å². The topological polar surface area (TPSA) is 61.2 Å². The predicted molar refractivity (Wildman–Crippen MR) is 95.3 cm³/mol. The Kier molecular flexibility index (Phi) is 4.49. The summed E-state index contributed by atoms with van der Waals surface area (Å²) in [6.07, 6.45) is 1.68. The quantitative estimate of drug-likeness (QED) is 0.647. The van der Waals surface area contributed by atoms with Crippen LogP contribution in [0.4, 0.5) is 0 Å². The van der Waals surface area contributed by atoms with E-state index in [2.05, 4.69) is 20.9 Å². The Morgan fingerprint density at radius 2 is 2.00 bits per heavy atom. The minimum absolute atomic E-state index is 0.165. The molecule has 0 atom stereocenters. The molecule has 6 heteroatoms. The lowest BCUT2D eigenvalue weighted by molar-refractivity contribution is 0.0598. The van der Waals surface area contributed by atoms with E-state index in [0.29, 0.717) is 11.3 Å². The van der Waals surface area contributed by atoms with Gasteiger partial charge in [-0.15, -0.1) is 0 Å². The van der Waals surface area contributed by atoms with Gasteiger partial charge in [-0.2, -0.15) is 0 Å². The van der Waals surface area contributed by atoms with Gasteiger partial charge < -0.3 is 9.30 Å². The van der Waals surface area contributed by atoms with Crippen LogP contribution in [0.15, 0.2) is 51.9 Å². The van der Waals surface area contributed by atoms with Gasteiger partial charge >= 0.3 is 5.97 Å². The summed E-state index contributed by atoms with van der Waals surface area (Å²) < 4.78 is 7.21. The van der Waals surface area contributed by atoms with Crippen molar-refractivity contribution in [3.63, 3.8) is 0 Å². The summed E-state index contributed by atoms with van der Waals surface area (Å²) in [5.41, 5.74) is 2.33. The van der Waals surface area contributed by atoms with Crippen molar-refractivity contribution in [1.82, 2.24) is 9.55 Å². The molecule has 0 aliphatic heterocycles. The van der Waals surface area contributed by atoms with Crippen molar-refractivity contribution in [2.24, 2.45) is 0 Å². The summed E-state index contributed by atoms with van der Waals surface area (Å²) in [4.78, 5) is 29.0. The third kappa shape index (κ3) is 2.97. The molecule has 0 radical (unpaired) electrons. The Morgan fingerprint density at radius 1 is 1.25 bits per heavy atom. The second kappa shape index (κ2) is 6.57. The minimum Gasteiger partial charge on any atom is -0.465 e. The Bertz CT molecular complexity index is 995. The van der Waals surface area contributed by atoms with Crippen LogP contribution in [-0.2, 0) is 11.3 Å². The third-order valence-electron chi connectivity index (χ3n) is 3.88. The van der Waals surface area contributed by atoms with Crippen LogP contribution in [0.3, 0.4) is 0 Å². The number of ether oxygens (including phenoxy) is 1. The second-order valence-corrected chi connectivity index (χ2v) is 6.30. The van der Waals surface area contributed by atoms with E-state index >= 15 is 0 Å². The molecule has 122 valence electrons. The number of para-hydroxylation sites is 1. The molecule has 2 heterocycles. The molecule has 0 aliphatic carbocycles. The van der Waals surface area contributed by atoms with E-state index in [0.717, 1.165) is 20.9 Å². The molecule has 0 amide bonds. The van der Waals surface area contributed by atoms with Crippen LogP contribution in [0.5, 0.6) is 0 Å². The van der Waals surface area contributed by atoms with Crippen LogP contribution in [0, 0.1) is 6.92 Å². The van der Waals surface area contributed by atoms with Gasteiger partial charge in [-0.05, 0) is 40.5 Å². The number of esters is 1. The number of fused-ring (bicyclic) bond motifs is 1. The predicted octanol–water partition coefficient (Wildman–Crippen LogP) is 3.30. The molecule has 24 heavy (non-hydrogen) atoms. The van der Waals surface area contributed by atoms with Crippen molar-refractivity contribution in [1.29, 1.82) is 0 Å². The van der Waals surface area contributed by atoms with Gasteiger partial charge in [0.25, 0.3) is 5.56 Å². The minimum atomic E-state index is -0.455. The fraction of sp³-hybridized carbons (Fsp3) is 0.167. The number of nitrogens with zero attached hydrogens (tertiary/aromatic N) is 2. The molecule has 0 fully saturated rings. The van der Waals surface area contributed by atoms with Crippen LogP contribution in [0.25, 0.3) is 10.9 Å². The highest BCUT2D eigenvalue weighted by Gasteiger charge is 2.19. The molecule has 3 rings (SSSR count). The van der Waals surface area contributed by atoms with Crippen molar-refractivity contribution in [2.45, 2.75) is 13.5 Å². The number of hydrogen-bond donors (Lipinski definition) is 0. The van der Waals surface area contributed by atoms with Crippen molar-refractivity contribution in [2.75, 3.05) is 7.11 Å². The number of benzene rings is 1. The fourth-order valence-corrected chi connectivity index (χ4v) is 3.09. The van der Waals surface area contributed by atoms with E-state index in [9.17, 15) is 9.59 Å². The van der Waals surface area contributed by atoms with Gasteiger partial charge in [-0.3, -0.25) is 4.79 Å². The Hall–Kier alpha value is -2.47. The third-order valence-corrected chi connectivity index (χ3v) is 4.35. The zero-order valence-corrected chi connectivity index (χ0v) is 14.8. The van der Waals surface area contributed by atoms with Gasteiger partial charge in [-0.1, -0.05) is 18.2 Å². The van der Waals surface area contributed by atoms with Gasteiger partial charge in [0, 0.05) is 22.1 Å². The van der Waals surface area contributed by atoms with E-state index in [1.165, 1.54) is 17.7 Å². The average molecular weight is 387 g/mol. The first-order valence-corrected chi connectivity index (χ1v) is 8.13. The van der Waals surface area contributed by atoms with Crippen molar-refractivity contribution < 1.29 is 9.53 Å². The SMILES string of the molecule is COC(=O)c1c(Cn2cc(Br)ccc2=O)nc2ccccc2c1C. The summed E-state index contributed by atoms with van der Waals surface area (Å²) in [6.45, 7) is 2.05. The highest BCUT2D eigenvalue weighted by Crippen LogP contribution is 2.24. The second-order valence-electron chi connectivity index (χ2n) is 5.38. The van der Waals surface area contributed by atoms with E-state index in [4.69, 9.17) is 4.74 Å². The molecule has 0 aliphatic rings. The van der Waals surface area contributed by atoms with Crippen LogP contribution >= 0.6 is 15.9 Å². The molecular weight excluding hydrogens is 372 g/mol. The number of carbonyl (C=O) groups excluding carboxylic acids is 1. The maximum atomic E-state index is 12.3. The molecule has 2 aromatic heterocycles. The molecule has 0 bridgehead atoms. The van der Waals surface area contributed by atoms with Crippen molar-refractivity contribution in [3.8, 4) is 0 Å². The molecule has 0 N–H and O–H groups in total. The zero-order valence-electron chi connectivity index (χ0n) is 13.2. The lowest BCUT2D eigenvalue weighted by Gasteiger charge is -2.14. The number of aryl methyl sites for hydroxylation is 1. The van der Waals surface area contributed by atoms with Crippen LogP contribution < -0.4 is 5.56 Å². The van der Waals surface area contributed by atoms with Crippen molar-refractivity contribution in [3.05, 3.63) is 74.2 Å². The molecule has 5 nitrogen and oxygen atoms in total. The molecule has 1 aromatic carbocycles. The van der Waals surface area contributed by atoms with Gasteiger partial charge in [0.05, 0.1) is 30.4 Å². The number of methoxy groups -OCH3 is 1. The molecule has 0 saturated carbocycles. The standard InChI is InChI=1S/C18H15BrN2O3/c1-11-13-5-3-4-6-14(13)20-15(17(11)18(23)24-2)10-21-9-12(19)7-8-16(21)22/h3-9H,10H2,1-2H3. The first-order chi connectivity index (χ1) is 11.5. The first-order valence-electron chi connectivity index (χ1n) is 7.34. The first kappa shape index (κ1) is 16.4. The van der Waals surface area contributed by atoms with E-state index in [-0.39, 0.29) is 12.1 Å². The molecule has 0 unspecified atom stereocenters. The number of carbonyl (C=O) groups is 1. The number of hydrogen-bond acceptors (Lipinski definition) is 4. The smallest absolute Gasteiger partial charge is 0.340 e. The zero-order chi connectivity index (χ0) is 17.3. The maximum absolute atomic E-state index is 12.3. The van der Waals surface area contributed by atoms with Crippen LogP contribution in [0.2, 0.25) is 0 Å². The highest BCUT2D eigenvalue weighted by molar-refractivity contribution is 9.10. The normalized spacial score (nSPS) is 10.8. The lowest BCUT2D eigenvalue weighted by atomic mass is 10.0. The highest BCUT2D eigenvalue weighted by atomic mass is 79.9. The van der Waals surface area contributed by atoms with E-state index < -0.39 is 5.97 Å². The van der Waals surface area contributed by atoms with Gasteiger partial charge in [-0.25, -0.2) is 9.78 Å². The van der Waals surface area contributed by atoms with E-state index in [1.807, 2.05) is 31.2 Å². The number of aromatic nitrogens is 2. The lowest BCUT2D eigenvalue weighted by Crippen LogP contribution is -2.22. The summed E-state index contributed by atoms with van der Waals surface area (Å²) in [7, 11) is 1.34. The van der Waals surface area contributed by atoms with Gasteiger partial charge in [0.2, 0.25) is 0 Å². The molecule has 3 aromatic rings. The maximum Gasteiger partial charge on any atom is 0.340 e. The Labute approximate surface area is 147 Å². The van der Waals surface area contributed by atoms with Crippen molar-refractivity contribution >= 4 is 32.8 Å². The molecule has 0 saturated heterocycles. The summed E-state index contributed by atoms with van der Waals surface area (Å²) in [6, 6.07) is 10.7. The largest absolute Gasteiger partial charge is 0.465 e. The fourth-order valence-electron chi connectivity index (χ4n) is 2.72. The molecular formula is C18H15BrN2O3. The Morgan fingerprint density at radius 3 is 2.75 bits per heavy atom. The average Bonchev–Trinajstić information content (AvgIpc) is 2.58. The van der Waals surface area contributed by atoms with E-state index in [1.54, 1.807) is 12.3 Å². The number of halogens is 1. The summed E-state index contributed by atoms with van der Waals surface area (Å²) in [5, 5.41) is 0.892. The monoisotopic (exact) mass is 386 g/mol. The number of rotatable bonds is 3. The van der Waals surface area contributed by atoms with Crippen LogP contribution in [-0.4, -0.2) is 22.6 Å². The summed E-state index contributed by atoms with van der Waals surface area (Å²) >= 11 is 3.35. The molecule has 0 spiro atoms. The van der Waals surface area contributed by atoms with Crippen LogP contribution in [0.1, 0.15) is 21.6 Å².